The Hall–Kier alpha value is 0.310. The molecule has 0 saturated carbocycles. The van der Waals surface area contributed by atoms with Crippen molar-refractivity contribution in [3.8, 4) is 0 Å². The lowest BCUT2D eigenvalue weighted by atomic mass is 10.00. The molecule has 1 aliphatic heterocycles. The summed E-state index contributed by atoms with van der Waals surface area (Å²) in [5.41, 5.74) is 0. The third-order valence-electron chi connectivity index (χ3n) is 2.29. The van der Waals surface area contributed by atoms with Crippen molar-refractivity contribution in [2.75, 3.05) is 25.1 Å². The first-order chi connectivity index (χ1) is 5.43. The lowest BCUT2D eigenvalue weighted by molar-refractivity contribution is 0.464. The van der Waals surface area contributed by atoms with Crippen molar-refractivity contribution >= 4 is 11.8 Å². The van der Waals surface area contributed by atoms with Crippen molar-refractivity contribution in [3.63, 3.8) is 0 Å². The highest BCUT2D eigenvalue weighted by Crippen LogP contribution is 2.25. The molecule has 1 N–H and O–H groups in total. The van der Waals surface area contributed by atoms with E-state index in [2.05, 4.69) is 17.1 Å². The summed E-state index contributed by atoms with van der Waals surface area (Å²) in [4.78, 5) is 0. The molecule has 1 nitrogen and oxygen atoms in total. The Morgan fingerprint density at radius 2 is 2.45 bits per heavy atom. The maximum absolute atomic E-state index is 3.20. The SMILES string of the molecule is CNCCCC1CCCSC1. The topological polar surface area (TPSA) is 12.0 Å². The standard InChI is InChI=1S/C9H19NS/c1-10-6-2-4-9-5-3-7-11-8-9/h9-10H,2-8H2,1H3. The maximum atomic E-state index is 3.20. The number of thioether (sulfide) groups is 1. The van der Waals surface area contributed by atoms with E-state index >= 15 is 0 Å². The Bertz CT molecular complexity index is 89.6. The van der Waals surface area contributed by atoms with E-state index in [0.717, 1.165) is 5.92 Å². The number of hydrogen-bond donors (Lipinski definition) is 1. The van der Waals surface area contributed by atoms with Gasteiger partial charge >= 0.3 is 0 Å². The summed E-state index contributed by atoms with van der Waals surface area (Å²) in [7, 11) is 2.04. The molecule has 2 heteroatoms. The van der Waals surface area contributed by atoms with Crippen LogP contribution >= 0.6 is 11.8 Å². The van der Waals surface area contributed by atoms with Crippen molar-refractivity contribution in [1.82, 2.24) is 5.32 Å². The third-order valence-corrected chi connectivity index (χ3v) is 3.58. The molecule has 1 aliphatic rings. The van der Waals surface area contributed by atoms with Crippen LogP contribution in [0.4, 0.5) is 0 Å². The summed E-state index contributed by atoms with van der Waals surface area (Å²) in [6, 6.07) is 0. The molecule has 0 radical (unpaired) electrons. The molecular formula is C9H19NS. The number of nitrogens with one attached hydrogen (secondary N) is 1. The first-order valence-electron chi connectivity index (χ1n) is 4.66. The smallest absolute Gasteiger partial charge is 0.00391 e. The fourth-order valence-electron chi connectivity index (χ4n) is 1.60. The van der Waals surface area contributed by atoms with Gasteiger partial charge in [0.05, 0.1) is 0 Å². The first kappa shape index (κ1) is 9.40. The van der Waals surface area contributed by atoms with Gasteiger partial charge in [0.25, 0.3) is 0 Å². The molecule has 0 aliphatic carbocycles. The minimum Gasteiger partial charge on any atom is -0.320 e. The fourth-order valence-corrected chi connectivity index (χ4v) is 2.81. The van der Waals surface area contributed by atoms with Crippen LogP contribution in [0.25, 0.3) is 0 Å². The zero-order valence-corrected chi connectivity index (χ0v) is 8.25. The van der Waals surface area contributed by atoms with Crippen molar-refractivity contribution < 1.29 is 0 Å². The van der Waals surface area contributed by atoms with E-state index in [1.54, 1.807) is 0 Å². The van der Waals surface area contributed by atoms with Crippen molar-refractivity contribution in [2.24, 2.45) is 5.92 Å². The Balaban J connectivity index is 1.96. The van der Waals surface area contributed by atoms with Crippen LogP contribution in [0.15, 0.2) is 0 Å². The van der Waals surface area contributed by atoms with E-state index in [1.165, 1.54) is 43.7 Å². The lowest BCUT2D eigenvalue weighted by Gasteiger charge is -2.20. The van der Waals surface area contributed by atoms with Gasteiger partial charge in [-0.1, -0.05) is 0 Å². The third kappa shape index (κ3) is 4.02. The monoisotopic (exact) mass is 173 g/mol. The zero-order valence-electron chi connectivity index (χ0n) is 7.44. The lowest BCUT2D eigenvalue weighted by Crippen LogP contribution is -2.14. The Kier molecular flexibility index (Phi) is 5.04. The van der Waals surface area contributed by atoms with Gasteiger partial charge in [-0.3, -0.25) is 0 Å². The van der Waals surface area contributed by atoms with Gasteiger partial charge in [-0.05, 0) is 56.7 Å². The summed E-state index contributed by atoms with van der Waals surface area (Å²) in [5, 5.41) is 3.20. The number of rotatable bonds is 4. The highest BCUT2D eigenvalue weighted by molar-refractivity contribution is 7.99. The summed E-state index contributed by atoms with van der Waals surface area (Å²) >= 11 is 2.14. The van der Waals surface area contributed by atoms with Crippen LogP contribution in [0.2, 0.25) is 0 Å². The molecule has 1 atom stereocenters. The van der Waals surface area contributed by atoms with E-state index in [-0.39, 0.29) is 0 Å². The quantitative estimate of drug-likeness (QED) is 0.654. The molecule has 1 heterocycles. The van der Waals surface area contributed by atoms with E-state index in [9.17, 15) is 0 Å². The van der Waals surface area contributed by atoms with Crippen LogP contribution in [0, 0.1) is 5.92 Å². The normalized spacial score (nSPS) is 25.4. The van der Waals surface area contributed by atoms with E-state index < -0.39 is 0 Å². The fraction of sp³-hybridized carbons (Fsp3) is 1.00. The molecule has 0 amide bonds. The predicted octanol–water partition coefficient (Wildman–Crippen LogP) is 2.13. The van der Waals surface area contributed by atoms with Crippen molar-refractivity contribution in [3.05, 3.63) is 0 Å². The molecular weight excluding hydrogens is 154 g/mol. The molecule has 1 saturated heterocycles. The van der Waals surface area contributed by atoms with Crippen LogP contribution in [0.3, 0.4) is 0 Å². The summed E-state index contributed by atoms with van der Waals surface area (Å²) in [6.45, 7) is 1.20. The molecule has 1 unspecified atom stereocenters. The van der Waals surface area contributed by atoms with E-state index in [1.807, 2.05) is 7.05 Å². The molecule has 0 spiro atoms. The molecule has 1 fully saturated rings. The van der Waals surface area contributed by atoms with Crippen LogP contribution in [-0.2, 0) is 0 Å². The molecule has 0 bridgehead atoms. The molecule has 0 aromatic rings. The minimum absolute atomic E-state index is 1.03. The second-order valence-corrected chi connectivity index (χ2v) is 4.48. The van der Waals surface area contributed by atoms with Gasteiger partial charge in [-0.2, -0.15) is 11.8 Å². The van der Waals surface area contributed by atoms with Gasteiger partial charge in [0.15, 0.2) is 0 Å². The molecule has 0 aromatic heterocycles. The second kappa shape index (κ2) is 5.90. The Morgan fingerprint density at radius 1 is 1.55 bits per heavy atom. The van der Waals surface area contributed by atoms with Gasteiger partial charge in [0, 0.05) is 0 Å². The highest BCUT2D eigenvalue weighted by atomic mass is 32.2. The van der Waals surface area contributed by atoms with Gasteiger partial charge in [-0.15, -0.1) is 0 Å². The maximum Gasteiger partial charge on any atom is -0.00391 e. The Labute approximate surface area is 74.3 Å². The minimum atomic E-state index is 1.03. The summed E-state index contributed by atoms with van der Waals surface area (Å²) in [6.07, 6.45) is 5.74. The van der Waals surface area contributed by atoms with E-state index in [0.29, 0.717) is 0 Å². The van der Waals surface area contributed by atoms with Crippen LogP contribution in [0.5, 0.6) is 0 Å². The molecule has 0 aromatic carbocycles. The summed E-state index contributed by atoms with van der Waals surface area (Å²) < 4.78 is 0. The largest absolute Gasteiger partial charge is 0.320 e. The molecule has 11 heavy (non-hydrogen) atoms. The highest BCUT2D eigenvalue weighted by Gasteiger charge is 2.12. The van der Waals surface area contributed by atoms with Crippen LogP contribution in [0.1, 0.15) is 25.7 Å². The molecule has 66 valence electrons. The second-order valence-electron chi connectivity index (χ2n) is 3.33. The van der Waals surface area contributed by atoms with Gasteiger partial charge < -0.3 is 5.32 Å². The Morgan fingerprint density at radius 3 is 3.09 bits per heavy atom. The van der Waals surface area contributed by atoms with Gasteiger partial charge in [-0.25, -0.2) is 0 Å². The predicted molar refractivity (Wildman–Crippen MR) is 53.2 cm³/mol. The van der Waals surface area contributed by atoms with Gasteiger partial charge in [0.2, 0.25) is 0 Å². The van der Waals surface area contributed by atoms with Crippen LogP contribution in [-0.4, -0.2) is 25.1 Å². The average molecular weight is 173 g/mol. The molecule has 1 rings (SSSR count). The average Bonchev–Trinajstić information content (AvgIpc) is 2.07. The van der Waals surface area contributed by atoms with Crippen molar-refractivity contribution in [1.29, 1.82) is 0 Å². The van der Waals surface area contributed by atoms with Gasteiger partial charge in [0.1, 0.15) is 0 Å². The summed E-state index contributed by atoms with van der Waals surface area (Å²) in [5.74, 6) is 3.86. The number of hydrogen-bond acceptors (Lipinski definition) is 2. The van der Waals surface area contributed by atoms with E-state index in [4.69, 9.17) is 0 Å². The van der Waals surface area contributed by atoms with Crippen LogP contribution < -0.4 is 5.32 Å². The van der Waals surface area contributed by atoms with Crippen molar-refractivity contribution in [2.45, 2.75) is 25.7 Å². The zero-order chi connectivity index (χ0) is 7.94. The first-order valence-corrected chi connectivity index (χ1v) is 5.81.